The molecule has 1 fully saturated rings. The fraction of sp³-hybridized carbons (Fsp3) is 0.423. The van der Waals surface area contributed by atoms with Crippen molar-refractivity contribution >= 4 is 34.5 Å². The predicted molar refractivity (Wildman–Crippen MR) is 127 cm³/mol. The third-order valence-corrected chi connectivity index (χ3v) is 7.60. The van der Waals surface area contributed by atoms with Gasteiger partial charge in [-0.1, -0.05) is 17.7 Å². The molecule has 178 valence electrons. The fourth-order valence-corrected chi connectivity index (χ4v) is 5.61. The molecule has 0 atom stereocenters. The second-order valence-electron chi connectivity index (χ2n) is 9.45. The Balaban J connectivity index is 1.37. The number of carboxylic acids is 1. The highest BCUT2D eigenvalue weighted by atomic mass is 35.5. The van der Waals surface area contributed by atoms with Crippen LogP contribution < -0.4 is 0 Å². The first-order chi connectivity index (χ1) is 16.4. The molecule has 2 aromatic heterocycles. The topological polar surface area (TPSA) is 75.4 Å². The summed E-state index contributed by atoms with van der Waals surface area (Å²) in [6.45, 7) is 1.41. The molecule has 5 rings (SSSR count). The van der Waals surface area contributed by atoms with Crippen molar-refractivity contribution in [1.82, 2.24) is 14.5 Å². The molecule has 3 heterocycles. The molecule has 1 aliphatic heterocycles. The molecule has 1 N–H and O–H groups in total. The number of hydrogen-bond acceptors (Lipinski definition) is 3. The molecule has 0 bridgehead atoms. The number of carboxylic acid groups (broad SMARTS) is 1. The first kappa shape index (κ1) is 22.8. The standard InChI is InChI=1S/C26H27ClFN3O3/c27-19-8-7-18(22(28)13-19)14-31-23-15-30(11-9-20(23)21-2-1-10-29-25(21)31)24(32)12-16-3-5-17(6-4-16)26(33)34/h1-2,7-8,10,13,16-17H,3-6,9,11-12,14-15H2,(H,33,34)/t16-,17+. The second-order valence-corrected chi connectivity index (χ2v) is 9.88. The van der Waals surface area contributed by atoms with Gasteiger partial charge >= 0.3 is 5.97 Å². The normalized spacial score (nSPS) is 20.4. The molecular formula is C26H27ClFN3O3. The Kier molecular flexibility index (Phi) is 6.30. The molecule has 6 nitrogen and oxygen atoms in total. The Bertz CT molecular complexity index is 1250. The quantitative estimate of drug-likeness (QED) is 0.551. The second kappa shape index (κ2) is 9.37. The van der Waals surface area contributed by atoms with Gasteiger partial charge in [-0.05, 0) is 67.9 Å². The number of fused-ring (bicyclic) bond motifs is 3. The largest absolute Gasteiger partial charge is 0.481 e. The number of hydrogen-bond donors (Lipinski definition) is 1. The van der Waals surface area contributed by atoms with Crippen molar-refractivity contribution in [3.8, 4) is 0 Å². The number of aliphatic carboxylic acids is 1. The zero-order chi connectivity index (χ0) is 23.8. The van der Waals surface area contributed by atoms with Crippen LogP contribution in [0.4, 0.5) is 4.39 Å². The number of rotatable bonds is 5. The van der Waals surface area contributed by atoms with Gasteiger partial charge in [-0.3, -0.25) is 9.59 Å². The summed E-state index contributed by atoms with van der Waals surface area (Å²) in [4.78, 5) is 30.9. The van der Waals surface area contributed by atoms with Crippen LogP contribution in [0.25, 0.3) is 11.0 Å². The maximum absolute atomic E-state index is 14.6. The zero-order valence-electron chi connectivity index (χ0n) is 18.8. The number of pyridine rings is 1. The lowest BCUT2D eigenvalue weighted by atomic mass is 9.80. The summed E-state index contributed by atoms with van der Waals surface area (Å²) in [5.41, 5.74) is 3.48. The summed E-state index contributed by atoms with van der Waals surface area (Å²) in [7, 11) is 0. The Morgan fingerprint density at radius 1 is 1.18 bits per heavy atom. The van der Waals surface area contributed by atoms with E-state index in [0.29, 0.717) is 49.5 Å². The van der Waals surface area contributed by atoms with E-state index in [-0.39, 0.29) is 23.6 Å². The van der Waals surface area contributed by atoms with E-state index in [4.69, 9.17) is 11.6 Å². The molecule has 1 saturated carbocycles. The van der Waals surface area contributed by atoms with Crippen LogP contribution in [-0.4, -0.2) is 38.0 Å². The third kappa shape index (κ3) is 4.41. The summed E-state index contributed by atoms with van der Waals surface area (Å²) in [6, 6.07) is 8.63. The maximum atomic E-state index is 14.6. The Hall–Kier alpha value is -2.93. The molecule has 1 aromatic carbocycles. The Labute approximate surface area is 202 Å². The minimum absolute atomic E-state index is 0.104. The smallest absolute Gasteiger partial charge is 0.306 e. The number of amides is 1. The predicted octanol–water partition coefficient (Wildman–Crippen LogP) is 5.04. The molecule has 0 radical (unpaired) electrons. The Morgan fingerprint density at radius 3 is 2.71 bits per heavy atom. The Morgan fingerprint density at radius 2 is 1.97 bits per heavy atom. The molecule has 1 amide bonds. The lowest BCUT2D eigenvalue weighted by Gasteiger charge is -2.31. The molecule has 2 aliphatic rings. The number of carbonyl (C=O) groups is 2. The summed E-state index contributed by atoms with van der Waals surface area (Å²) >= 11 is 5.93. The zero-order valence-corrected chi connectivity index (χ0v) is 19.6. The van der Waals surface area contributed by atoms with Crippen LogP contribution in [0.5, 0.6) is 0 Å². The highest BCUT2D eigenvalue weighted by Crippen LogP contribution is 2.34. The van der Waals surface area contributed by atoms with Crippen molar-refractivity contribution in [1.29, 1.82) is 0 Å². The van der Waals surface area contributed by atoms with Gasteiger partial charge in [0.1, 0.15) is 11.5 Å². The van der Waals surface area contributed by atoms with Crippen LogP contribution in [0.2, 0.25) is 5.02 Å². The van der Waals surface area contributed by atoms with Crippen molar-refractivity contribution in [2.24, 2.45) is 11.8 Å². The van der Waals surface area contributed by atoms with Gasteiger partial charge in [0, 0.05) is 40.8 Å². The lowest BCUT2D eigenvalue weighted by molar-refractivity contribution is -0.143. The maximum Gasteiger partial charge on any atom is 0.306 e. The van der Waals surface area contributed by atoms with Crippen LogP contribution >= 0.6 is 11.6 Å². The summed E-state index contributed by atoms with van der Waals surface area (Å²) in [6.07, 6.45) is 5.76. The van der Waals surface area contributed by atoms with Crippen molar-refractivity contribution in [2.45, 2.75) is 51.6 Å². The number of carbonyl (C=O) groups excluding carboxylic acids is 1. The minimum Gasteiger partial charge on any atom is -0.481 e. The average molecular weight is 484 g/mol. The van der Waals surface area contributed by atoms with Crippen LogP contribution in [-0.2, 0) is 29.1 Å². The van der Waals surface area contributed by atoms with Crippen LogP contribution in [0, 0.1) is 17.7 Å². The highest BCUT2D eigenvalue weighted by molar-refractivity contribution is 6.30. The molecule has 34 heavy (non-hydrogen) atoms. The lowest BCUT2D eigenvalue weighted by Crippen LogP contribution is -2.38. The van der Waals surface area contributed by atoms with E-state index in [0.717, 1.165) is 36.0 Å². The molecule has 0 saturated heterocycles. The van der Waals surface area contributed by atoms with Gasteiger partial charge in [0.2, 0.25) is 5.91 Å². The highest BCUT2D eigenvalue weighted by Gasteiger charge is 2.31. The van der Waals surface area contributed by atoms with E-state index >= 15 is 0 Å². The summed E-state index contributed by atoms with van der Waals surface area (Å²) in [5, 5.41) is 10.6. The summed E-state index contributed by atoms with van der Waals surface area (Å²) in [5.74, 6) is -1.03. The molecule has 3 aromatic rings. The van der Waals surface area contributed by atoms with Crippen molar-refractivity contribution in [3.05, 3.63) is 64.2 Å². The van der Waals surface area contributed by atoms with E-state index in [1.165, 1.54) is 11.6 Å². The first-order valence-electron chi connectivity index (χ1n) is 11.8. The van der Waals surface area contributed by atoms with Gasteiger partial charge in [0.25, 0.3) is 0 Å². The SMILES string of the molecule is O=C(C[C@H]1CC[C@@H](C(=O)O)CC1)N1CCc2c(n(Cc3ccc(Cl)cc3F)c3ncccc23)C1. The molecular weight excluding hydrogens is 457 g/mol. The minimum atomic E-state index is -0.730. The van der Waals surface area contributed by atoms with E-state index in [1.807, 2.05) is 21.6 Å². The first-order valence-corrected chi connectivity index (χ1v) is 12.2. The molecule has 1 aliphatic carbocycles. The monoisotopic (exact) mass is 483 g/mol. The van der Waals surface area contributed by atoms with Crippen LogP contribution in [0.1, 0.15) is 48.9 Å². The number of aromatic nitrogens is 2. The van der Waals surface area contributed by atoms with E-state index in [2.05, 4.69) is 4.98 Å². The number of nitrogens with zero attached hydrogens (tertiary/aromatic N) is 3. The third-order valence-electron chi connectivity index (χ3n) is 7.37. The fourth-order valence-electron chi connectivity index (χ4n) is 5.45. The van der Waals surface area contributed by atoms with Gasteiger partial charge in [0.15, 0.2) is 0 Å². The van der Waals surface area contributed by atoms with Gasteiger partial charge in [0.05, 0.1) is 19.0 Å². The van der Waals surface area contributed by atoms with E-state index in [1.54, 1.807) is 18.3 Å². The van der Waals surface area contributed by atoms with Crippen molar-refractivity contribution < 1.29 is 19.1 Å². The molecule has 0 spiro atoms. The van der Waals surface area contributed by atoms with Crippen LogP contribution in [0.15, 0.2) is 36.5 Å². The van der Waals surface area contributed by atoms with Crippen molar-refractivity contribution in [3.63, 3.8) is 0 Å². The van der Waals surface area contributed by atoms with E-state index < -0.39 is 5.97 Å². The van der Waals surface area contributed by atoms with Gasteiger partial charge in [-0.25, -0.2) is 9.37 Å². The van der Waals surface area contributed by atoms with Gasteiger partial charge < -0.3 is 14.6 Å². The van der Waals surface area contributed by atoms with Crippen LogP contribution in [0.3, 0.4) is 0 Å². The molecule has 8 heteroatoms. The van der Waals surface area contributed by atoms with E-state index in [9.17, 15) is 19.1 Å². The number of benzene rings is 1. The van der Waals surface area contributed by atoms with Gasteiger partial charge in [-0.15, -0.1) is 0 Å². The van der Waals surface area contributed by atoms with Crippen molar-refractivity contribution in [2.75, 3.05) is 6.54 Å². The number of halogens is 2. The van der Waals surface area contributed by atoms with Gasteiger partial charge in [-0.2, -0.15) is 0 Å². The molecule has 0 unspecified atom stereocenters. The summed E-state index contributed by atoms with van der Waals surface area (Å²) < 4.78 is 16.6. The average Bonchev–Trinajstić information content (AvgIpc) is 3.14.